The van der Waals surface area contributed by atoms with Crippen molar-refractivity contribution in [3.8, 4) is 0 Å². The van der Waals surface area contributed by atoms with Crippen LogP contribution in [0.15, 0.2) is 29.0 Å². The highest BCUT2D eigenvalue weighted by molar-refractivity contribution is 9.10. The second-order valence-electron chi connectivity index (χ2n) is 3.14. The van der Waals surface area contributed by atoms with Crippen LogP contribution in [0.2, 0.25) is 5.28 Å². The van der Waals surface area contributed by atoms with E-state index in [2.05, 4.69) is 36.2 Å². The Hall–Kier alpha value is -1.60. The van der Waals surface area contributed by atoms with E-state index in [4.69, 9.17) is 11.6 Å². The van der Waals surface area contributed by atoms with E-state index in [9.17, 15) is 9.18 Å². The van der Waals surface area contributed by atoms with Gasteiger partial charge in [-0.15, -0.1) is 0 Å². The van der Waals surface area contributed by atoms with Gasteiger partial charge in [-0.05, 0) is 45.7 Å². The summed E-state index contributed by atoms with van der Waals surface area (Å²) in [6.45, 7) is 0. The smallest absolute Gasteiger partial charge is 0.261 e. The van der Waals surface area contributed by atoms with Gasteiger partial charge in [0, 0.05) is 6.20 Å². The van der Waals surface area contributed by atoms with Gasteiger partial charge in [-0.2, -0.15) is 4.39 Å². The summed E-state index contributed by atoms with van der Waals surface area (Å²) in [5.41, 5.74) is -0.187. The molecule has 0 fully saturated rings. The summed E-state index contributed by atoms with van der Waals surface area (Å²) in [5, 5.41) is 2.38. The van der Waals surface area contributed by atoms with E-state index in [-0.39, 0.29) is 16.7 Å². The van der Waals surface area contributed by atoms with Crippen molar-refractivity contribution >= 4 is 39.3 Å². The third-order valence-electron chi connectivity index (χ3n) is 1.93. The molecule has 0 aliphatic heterocycles. The first-order valence-corrected chi connectivity index (χ1v) is 5.85. The van der Waals surface area contributed by atoms with Crippen molar-refractivity contribution in [1.82, 2.24) is 15.0 Å². The van der Waals surface area contributed by atoms with Crippen LogP contribution in [0, 0.1) is 5.95 Å². The predicted molar refractivity (Wildman–Crippen MR) is 66.9 cm³/mol. The fourth-order valence-electron chi connectivity index (χ4n) is 1.17. The summed E-state index contributed by atoms with van der Waals surface area (Å²) in [6, 6.07) is 4.21. The van der Waals surface area contributed by atoms with Crippen molar-refractivity contribution in [2.24, 2.45) is 0 Å². The first-order valence-electron chi connectivity index (χ1n) is 4.68. The van der Waals surface area contributed by atoms with E-state index >= 15 is 0 Å². The minimum atomic E-state index is -0.873. The Bertz CT molecular complexity index is 610. The molecule has 1 amide bonds. The van der Waals surface area contributed by atoms with E-state index in [0.717, 1.165) is 0 Å². The lowest BCUT2D eigenvalue weighted by Crippen LogP contribution is -2.15. The molecule has 18 heavy (non-hydrogen) atoms. The number of carbonyl (C=O) groups is 1. The Balaban J connectivity index is 2.22. The number of nitrogens with one attached hydrogen (secondary N) is 1. The maximum Gasteiger partial charge on any atom is 0.261 e. The third-order valence-corrected chi connectivity index (χ3v) is 2.55. The first-order chi connectivity index (χ1) is 8.56. The van der Waals surface area contributed by atoms with Gasteiger partial charge in [0.15, 0.2) is 0 Å². The third kappa shape index (κ3) is 2.99. The molecule has 0 saturated carbocycles. The average Bonchev–Trinajstić information content (AvgIpc) is 2.28. The van der Waals surface area contributed by atoms with Gasteiger partial charge in [-0.3, -0.25) is 4.79 Å². The molecule has 1 N–H and O–H groups in total. The molecule has 0 spiro atoms. The average molecular weight is 332 g/mol. The van der Waals surface area contributed by atoms with Gasteiger partial charge in [0.1, 0.15) is 10.4 Å². The number of rotatable bonds is 2. The molecular weight excluding hydrogens is 326 g/mol. The number of hydrogen-bond donors (Lipinski definition) is 1. The quantitative estimate of drug-likeness (QED) is 0.678. The van der Waals surface area contributed by atoms with Gasteiger partial charge < -0.3 is 5.32 Å². The Morgan fingerprint density at radius 2 is 2.11 bits per heavy atom. The Morgan fingerprint density at radius 1 is 1.33 bits per heavy atom. The molecule has 2 aromatic heterocycles. The summed E-state index contributed by atoms with van der Waals surface area (Å²) < 4.78 is 13.7. The molecule has 0 bridgehead atoms. The standard InChI is InChI=1S/C10H5BrClFN4O/c11-6-2-1-5(8(13)15-6)9(18)16-7-3-4-14-10(12)17-7/h1-4H,(H,14,16,17,18). The van der Waals surface area contributed by atoms with Crippen LogP contribution < -0.4 is 5.32 Å². The Morgan fingerprint density at radius 3 is 2.78 bits per heavy atom. The SMILES string of the molecule is O=C(Nc1ccnc(Cl)n1)c1ccc(Br)nc1F. The summed E-state index contributed by atoms with van der Waals surface area (Å²) in [7, 11) is 0. The van der Waals surface area contributed by atoms with Gasteiger partial charge in [-0.1, -0.05) is 0 Å². The fraction of sp³-hybridized carbons (Fsp3) is 0. The Labute approximate surface area is 115 Å². The van der Waals surface area contributed by atoms with Crippen LogP contribution in [0.5, 0.6) is 0 Å². The molecular formula is C10H5BrClFN4O. The minimum absolute atomic E-state index is 0.0118. The summed E-state index contributed by atoms with van der Waals surface area (Å²) in [6.07, 6.45) is 1.38. The molecule has 0 radical (unpaired) electrons. The van der Waals surface area contributed by atoms with Crippen molar-refractivity contribution in [2.75, 3.05) is 5.32 Å². The van der Waals surface area contributed by atoms with Gasteiger partial charge in [0.05, 0.1) is 5.56 Å². The second-order valence-corrected chi connectivity index (χ2v) is 4.29. The van der Waals surface area contributed by atoms with Crippen LogP contribution >= 0.6 is 27.5 Å². The van der Waals surface area contributed by atoms with Crippen LogP contribution in [-0.4, -0.2) is 20.9 Å². The van der Waals surface area contributed by atoms with Crippen LogP contribution in [0.1, 0.15) is 10.4 Å². The highest BCUT2D eigenvalue weighted by atomic mass is 79.9. The van der Waals surface area contributed by atoms with Crippen molar-refractivity contribution in [2.45, 2.75) is 0 Å². The van der Waals surface area contributed by atoms with Gasteiger partial charge >= 0.3 is 0 Å². The molecule has 0 unspecified atom stereocenters. The van der Waals surface area contributed by atoms with E-state index in [1.807, 2.05) is 0 Å². The van der Waals surface area contributed by atoms with Crippen molar-refractivity contribution in [3.63, 3.8) is 0 Å². The number of aromatic nitrogens is 3. The molecule has 0 atom stereocenters. The topological polar surface area (TPSA) is 67.8 Å². The lowest BCUT2D eigenvalue weighted by molar-refractivity contribution is 0.102. The molecule has 0 aliphatic rings. The van der Waals surface area contributed by atoms with Gasteiger partial charge in [-0.25, -0.2) is 15.0 Å². The van der Waals surface area contributed by atoms with E-state index in [1.165, 1.54) is 24.4 Å². The number of amides is 1. The van der Waals surface area contributed by atoms with E-state index < -0.39 is 11.9 Å². The highest BCUT2D eigenvalue weighted by Gasteiger charge is 2.14. The molecule has 2 heterocycles. The van der Waals surface area contributed by atoms with E-state index in [0.29, 0.717) is 4.60 Å². The maximum atomic E-state index is 13.4. The lowest BCUT2D eigenvalue weighted by atomic mass is 10.2. The number of anilines is 1. The molecule has 0 saturated heterocycles. The number of hydrogen-bond acceptors (Lipinski definition) is 4. The molecule has 5 nitrogen and oxygen atoms in total. The van der Waals surface area contributed by atoms with Gasteiger partial charge in [0.2, 0.25) is 11.2 Å². The van der Waals surface area contributed by atoms with Gasteiger partial charge in [0.25, 0.3) is 5.91 Å². The minimum Gasteiger partial charge on any atom is -0.306 e. The second kappa shape index (κ2) is 5.36. The van der Waals surface area contributed by atoms with Crippen molar-refractivity contribution in [1.29, 1.82) is 0 Å². The maximum absolute atomic E-state index is 13.4. The molecule has 92 valence electrons. The van der Waals surface area contributed by atoms with Crippen LogP contribution in [0.4, 0.5) is 10.2 Å². The molecule has 2 rings (SSSR count). The monoisotopic (exact) mass is 330 g/mol. The molecule has 0 aliphatic carbocycles. The van der Waals surface area contributed by atoms with Crippen LogP contribution in [0.25, 0.3) is 0 Å². The molecule has 8 heteroatoms. The van der Waals surface area contributed by atoms with Crippen molar-refractivity contribution < 1.29 is 9.18 Å². The lowest BCUT2D eigenvalue weighted by Gasteiger charge is -2.04. The van der Waals surface area contributed by atoms with Crippen LogP contribution in [-0.2, 0) is 0 Å². The number of halogens is 3. The zero-order valence-electron chi connectivity index (χ0n) is 8.69. The zero-order chi connectivity index (χ0) is 13.1. The van der Waals surface area contributed by atoms with Crippen molar-refractivity contribution in [3.05, 3.63) is 45.8 Å². The molecule has 2 aromatic rings. The highest BCUT2D eigenvalue weighted by Crippen LogP contribution is 2.13. The molecule has 0 aromatic carbocycles. The Kier molecular flexibility index (Phi) is 3.83. The number of carbonyl (C=O) groups excluding carboxylic acids is 1. The van der Waals surface area contributed by atoms with E-state index in [1.54, 1.807) is 0 Å². The summed E-state index contributed by atoms with van der Waals surface area (Å²) in [5.74, 6) is -1.35. The fourth-order valence-corrected chi connectivity index (χ4v) is 1.60. The summed E-state index contributed by atoms with van der Waals surface area (Å²) >= 11 is 8.56. The van der Waals surface area contributed by atoms with Crippen LogP contribution in [0.3, 0.4) is 0 Å². The zero-order valence-corrected chi connectivity index (χ0v) is 11.0. The number of pyridine rings is 1. The largest absolute Gasteiger partial charge is 0.306 e. The first kappa shape index (κ1) is 12.8. The summed E-state index contributed by atoms with van der Waals surface area (Å²) in [4.78, 5) is 22.6. The normalized spacial score (nSPS) is 10.2. The predicted octanol–water partition coefficient (Wildman–Crippen LogP) is 2.68. The number of nitrogens with zero attached hydrogens (tertiary/aromatic N) is 3.